The average Bonchev–Trinajstić information content (AvgIpc) is 3.25. The quantitative estimate of drug-likeness (QED) is 0.286. The van der Waals surface area contributed by atoms with Crippen LogP contribution in [0, 0.1) is 6.92 Å². The molecule has 1 saturated heterocycles. The third kappa shape index (κ3) is 7.43. The minimum Gasteiger partial charge on any atom is -0.376 e. The predicted molar refractivity (Wildman–Crippen MR) is 160 cm³/mol. The van der Waals surface area contributed by atoms with Gasteiger partial charge in [-0.3, -0.25) is 19.4 Å². The molecule has 4 rings (SSSR count). The van der Waals surface area contributed by atoms with Crippen molar-refractivity contribution in [3.8, 4) is 0 Å². The van der Waals surface area contributed by atoms with Crippen LogP contribution in [0.3, 0.4) is 0 Å². The maximum absolute atomic E-state index is 13.8. The van der Waals surface area contributed by atoms with Crippen molar-refractivity contribution in [1.29, 1.82) is 0 Å². The summed E-state index contributed by atoms with van der Waals surface area (Å²) in [6.07, 6.45) is -1.16. The number of likely N-dealkylation sites (N-methyl/N-ethyl adjacent to an activating group) is 1. The third-order valence-electron chi connectivity index (χ3n) is 7.32. The van der Waals surface area contributed by atoms with Crippen LogP contribution in [-0.2, 0) is 19.8 Å². The fourth-order valence-corrected chi connectivity index (χ4v) is 4.93. The molecule has 0 aliphatic carbocycles. The Morgan fingerprint density at radius 2 is 1.81 bits per heavy atom. The molecule has 1 amide bonds. The molecule has 2 heterocycles. The molecule has 0 radical (unpaired) electrons. The van der Waals surface area contributed by atoms with Crippen molar-refractivity contribution in [2.75, 3.05) is 57.6 Å². The van der Waals surface area contributed by atoms with Crippen LogP contribution >= 0.6 is 11.6 Å². The zero-order chi connectivity index (χ0) is 30.8. The first-order valence-electron chi connectivity index (χ1n) is 13.4. The monoisotopic (exact) mass is 604 g/mol. The number of hydrogen-bond acceptors (Lipinski definition) is 7. The summed E-state index contributed by atoms with van der Waals surface area (Å²) < 4.78 is 43.0. The number of benzene rings is 2. The van der Waals surface area contributed by atoms with E-state index in [9.17, 15) is 18.0 Å². The van der Waals surface area contributed by atoms with Gasteiger partial charge in [0.2, 0.25) is 0 Å². The molecule has 3 N–H and O–H groups in total. The predicted octanol–water partition coefficient (Wildman–Crippen LogP) is 4.64. The van der Waals surface area contributed by atoms with Crippen molar-refractivity contribution in [2.24, 2.45) is 12.9 Å². The van der Waals surface area contributed by atoms with Gasteiger partial charge in [-0.25, -0.2) is 5.84 Å². The van der Waals surface area contributed by atoms with Gasteiger partial charge in [0.25, 0.3) is 5.91 Å². The minimum absolute atomic E-state index is 0.0573. The number of amides is 1. The van der Waals surface area contributed by atoms with Gasteiger partial charge in [0.15, 0.2) is 0 Å². The average molecular weight is 605 g/mol. The highest BCUT2D eigenvalue weighted by Gasteiger charge is 2.31. The summed E-state index contributed by atoms with van der Waals surface area (Å²) in [6, 6.07) is 8.18. The fraction of sp³-hybridized carbons (Fsp3) is 0.379. The lowest BCUT2D eigenvalue weighted by atomic mass is 10.1. The van der Waals surface area contributed by atoms with E-state index in [1.165, 1.54) is 23.2 Å². The summed E-state index contributed by atoms with van der Waals surface area (Å²) in [5, 5.41) is 8.52. The molecule has 2 aromatic carbocycles. The highest BCUT2D eigenvalue weighted by molar-refractivity contribution is 6.33. The second kappa shape index (κ2) is 12.7. The van der Waals surface area contributed by atoms with E-state index in [0.717, 1.165) is 55.3 Å². The highest BCUT2D eigenvalue weighted by atomic mass is 35.5. The zero-order valence-electron chi connectivity index (χ0n) is 24.3. The fourth-order valence-electron chi connectivity index (χ4n) is 4.72. The molecule has 1 aromatic heterocycles. The number of nitrogens with two attached hydrogens (primary N) is 1. The van der Waals surface area contributed by atoms with Gasteiger partial charge < -0.3 is 15.1 Å². The van der Waals surface area contributed by atoms with Crippen LogP contribution < -0.4 is 16.2 Å². The number of aromatic nitrogens is 2. The number of halogens is 4. The van der Waals surface area contributed by atoms with Gasteiger partial charge in [0, 0.05) is 82.6 Å². The molecule has 0 spiro atoms. The molecule has 42 heavy (non-hydrogen) atoms. The molecule has 13 heteroatoms. The Bertz CT molecular complexity index is 1460. The van der Waals surface area contributed by atoms with Crippen molar-refractivity contribution in [1.82, 2.24) is 24.5 Å². The Kier molecular flexibility index (Phi) is 9.51. The minimum atomic E-state index is -4.56. The molecular weight excluding hydrogens is 569 g/mol. The van der Waals surface area contributed by atoms with Gasteiger partial charge in [0.1, 0.15) is 0 Å². The molecule has 1 aliphatic heterocycles. The molecule has 0 saturated carbocycles. The van der Waals surface area contributed by atoms with Crippen LogP contribution in [0.25, 0.3) is 5.70 Å². The molecule has 1 fully saturated rings. The normalized spacial score (nSPS) is 15.1. The van der Waals surface area contributed by atoms with E-state index >= 15 is 0 Å². The zero-order valence-corrected chi connectivity index (χ0v) is 25.1. The Balaban J connectivity index is 1.59. The largest absolute Gasteiger partial charge is 0.416 e. The Morgan fingerprint density at radius 1 is 1.12 bits per heavy atom. The van der Waals surface area contributed by atoms with Crippen molar-refractivity contribution >= 4 is 34.6 Å². The standard InChI is InChI=1S/C29H36ClF3N8O/c1-19-24(16-35-39(19)5)27(37(2)3)18-41(34)26-14-21(6-7-25(26)30)28(42)36-23-13-20(12-22(15-23)29(31,32)33)17-40-10-8-38(4)9-11-40/h6-7,12-16,18H,8-11,17,34H2,1-5H3,(H,36,42)/b27-18-. The number of hydrazine groups is 1. The van der Waals surface area contributed by atoms with Crippen LogP contribution in [0.5, 0.6) is 0 Å². The Morgan fingerprint density at radius 3 is 2.40 bits per heavy atom. The van der Waals surface area contributed by atoms with Crippen LogP contribution in [0.1, 0.15) is 32.7 Å². The molecule has 0 atom stereocenters. The van der Waals surface area contributed by atoms with Gasteiger partial charge in [-0.05, 0) is 55.9 Å². The lowest BCUT2D eigenvalue weighted by Crippen LogP contribution is -2.43. The van der Waals surface area contributed by atoms with Crippen LogP contribution in [0.4, 0.5) is 24.5 Å². The van der Waals surface area contributed by atoms with E-state index < -0.39 is 17.6 Å². The number of piperazine rings is 1. The van der Waals surface area contributed by atoms with E-state index in [0.29, 0.717) is 22.8 Å². The number of carbonyl (C=O) groups excluding carboxylic acids is 1. The summed E-state index contributed by atoms with van der Waals surface area (Å²) in [7, 11) is 7.58. The topological polar surface area (TPSA) is 85.9 Å². The van der Waals surface area contributed by atoms with Crippen LogP contribution in [-0.4, -0.2) is 77.7 Å². The van der Waals surface area contributed by atoms with Crippen molar-refractivity contribution in [2.45, 2.75) is 19.6 Å². The first-order valence-corrected chi connectivity index (χ1v) is 13.8. The number of nitrogens with one attached hydrogen (secondary N) is 1. The second-order valence-corrected chi connectivity index (χ2v) is 11.1. The van der Waals surface area contributed by atoms with E-state index in [1.807, 2.05) is 40.0 Å². The summed E-state index contributed by atoms with van der Waals surface area (Å²) in [5.74, 6) is 5.80. The third-order valence-corrected chi connectivity index (χ3v) is 7.64. The first kappa shape index (κ1) is 31.4. The van der Waals surface area contributed by atoms with Gasteiger partial charge in [-0.2, -0.15) is 18.3 Å². The summed E-state index contributed by atoms with van der Waals surface area (Å²) in [6.45, 7) is 5.47. The number of nitrogens with zero attached hydrogens (tertiary/aromatic N) is 6. The van der Waals surface area contributed by atoms with E-state index in [2.05, 4.69) is 20.2 Å². The van der Waals surface area contributed by atoms with Gasteiger partial charge >= 0.3 is 6.18 Å². The molecule has 9 nitrogen and oxygen atoms in total. The molecule has 0 unspecified atom stereocenters. The van der Waals surface area contributed by atoms with E-state index in [-0.39, 0.29) is 11.3 Å². The van der Waals surface area contributed by atoms with Crippen LogP contribution in [0.2, 0.25) is 5.02 Å². The smallest absolute Gasteiger partial charge is 0.376 e. The van der Waals surface area contributed by atoms with Gasteiger partial charge in [-0.15, -0.1) is 0 Å². The van der Waals surface area contributed by atoms with Crippen molar-refractivity contribution < 1.29 is 18.0 Å². The lowest BCUT2D eigenvalue weighted by molar-refractivity contribution is -0.137. The number of carbonyl (C=O) groups is 1. The highest BCUT2D eigenvalue weighted by Crippen LogP contribution is 2.33. The van der Waals surface area contributed by atoms with Crippen molar-refractivity contribution in [3.63, 3.8) is 0 Å². The summed E-state index contributed by atoms with van der Waals surface area (Å²) in [5.41, 5.74) is 2.77. The van der Waals surface area contributed by atoms with E-state index in [4.69, 9.17) is 17.4 Å². The summed E-state index contributed by atoms with van der Waals surface area (Å²) >= 11 is 6.45. The molecular formula is C29H36ClF3N8O. The number of alkyl halides is 3. The number of aryl methyl sites for hydroxylation is 1. The van der Waals surface area contributed by atoms with Gasteiger partial charge in [0.05, 0.1) is 28.2 Å². The first-order chi connectivity index (χ1) is 19.7. The SMILES string of the molecule is Cc1c(/C(=C/N(N)c2cc(C(=O)Nc3cc(CN4CCN(C)CC4)cc(C(F)(F)F)c3)ccc2Cl)N(C)C)cnn1C. The maximum Gasteiger partial charge on any atom is 0.416 e. The van der Waals surface area contributed by atoms with Gasteiger partial charge in [-0.1, -0.05) is 11.6 Å². The van der Waals surface area contributed by atoms with E-state index in [1.54, 1.807) is 23.1 Å². The molecule has 226 valence electrons. The maximum atomic E-state index is 13.8. The molecule has 3 aromatic rings. The molecule has 0 bridgehead atoms. The Hall–Kier alpha value is -3.58. The lowest BCUT2D eigenvalue weighted by Gasteiger charge is -2.32. The van der Waals surface area contributed by atoms with Crippen molar-refractivity contribution in [3.05, 3.63) is 81.8 Å². The number of rotatable bonds is 8. The number of anilines is 2. The van der Waals surface area contributed by atoms with Crippen LogP contribution in [0.15, 0.2) is 48.8 Å². The number of hydrogen-bond donors (Lipinski definition) is 2. The second-order valence-electron chi connectivity index (χ2n) is 10.7. The Labute approximate surface area is 248 Å². The summed E-state index contributed by atoms with van der Waals surface area (Å²) in [4.78, 5) is 19.4. The molecule has 1 aliphatic rings.